The number of para-hydroxylation sites is 1. The lowest BCUT2D eigenvalue weighted by Crippen LogP contribution is -2.48. The van der Waals surface area contributed by atoms with E-state index in [0.717, 1.165) is 20.0 Å². The van der Waals surface area contributed by atoms with Gasteiger partial charge in [0.1, 0.15) is 5.52 Å². The molecule has 2 aromatic heterocycles. The summed E-state index contributed by atoms with van der Waals surface area (Å²) in [5.41, 5.74) is 3.89. The highest BCUT2D eigenvalue weighted by molar-refractivity contribution is 7.91. The van der Waals surface area contributed by atoms with Gasteiger partial charge in [-0.2, -0.15) is 0 Å². The van der Waals surface area contributed by atoms with Gasteiger partial charge in [-0.15, -0.1) is 11.3 Å². The molecular formula is C20H18N4O3S3. The molecule has 1 saturated heterocycles. The van der Waals surface area contributed by atoms with E-state index in [1.807, 2.05) is 29.2 Å². The number of thiazole rings is 2. The zero-order valence-corrected chi connectivity index (χ0v) is 18.6. The zero-order valence-electron chi connectivity index (χ0n) is 16.1. The van der Waals surface area contributed by atoms with Crippen molar-refractivity contribution in [2.75, 3.05) is 37.3 Å². The molecule has 0 aliphatic carbocycles. The summed E-state index contributed by atoms with van der Waals surface area (Å²) in [4.78, 5) is 26.0. The number of rotatable bonds is 3. The molecule has 3 heterocycles. The second-order valence-corrected chi connectivity index (χ2v) is 11.1. The van der Waals surface area contributed by atoms with Gasteiger partial charge in [-0.1, -0.05) is 17.4 Å². The average molecular weight is 459 g/mol. The highest BCUT2D eigenvalue weighted by Gasteiger charge is 2.25. The van der Waals surface area contributed by atoms with Gasteiger partial charge in [0, 0.05) is 38.0 Å². The Balaban J connectivity index is 1.34. The first-order valence-electron chi connectivity index (χ1n) is 9.37. The maximum atomic E-state index is 12.9. The van der Waals surface area contributed by atoms with Crippen LogP contribution < -0.4 is 4.90 Å². The van der Waals surface area contributed by atoms with E-state index in [-0.39, 0.29) is 10.8 Å². The lowest BCUT2D eigenvalue weighted by atomic mass is 10.1. The number of hydrogen-bond donors (Lipinski definition) is 0. The van der Waals surface area contributed by atoms with Gasteiger partial charge in [0.15, 0.2) is 15.0 Å². The fourth-order valence-corrected chi connectivity index (χ4v) is 6.28. The summed E-state index contributed by atoms with van der Waals surface area (Å²) in [6.07, 6.45) is 1.20. The minimum atomic E-state index is -3.34. The molecule has 0 spiro atoms. The van der Waals surface area contributed by atoms with Gasteiger partial charge < -0.3 is 9.80 Å². The van der Waals surface area contributed by atoms with E-state index in [2.05, 4.69) is 14.9 Å². The van der Waals surface area contributed by atoms with Crippen LogP contribution in [0.2, 0.25) is 0 Å². The number of sulfone groups is 1. The van der Waals surface area contributed by atoms with Crippen molar-refractivity contribution in [3.8, 4) is 0 Å². The molecule has 0 unspecified atom stereocenters. The summed E-state index contributed by atoms with van der Waals surface area (Å²) in [5, 5.41) is 0.791. The number of fused-ring (bicyclic) bond motifs is 2. The monoisotopic (exact) mass is 458 g/mol. The molecule has 1 amide bonds. The molecule has 0 N–H and O–H groups in total. The number of anilines is 1. The smallest absolute Gasteiger partial charge is 0.254 e. The van der Waals surface area contributed by atoms with Crippen LogP contribution in [0.1, 0.15) is 10.4 Å². The minimum absolute atomic E-state index is 0.0219. The molecule has 1 aliphatic rings. The molecule has 5 rings (SSSR count). The Morgan fingerprint density at radius 3 is 2.63 bits per heavy atom. The van der Waals surface area contributed by atoms with Crippen LogP contribution in [0.5, 0.6) is 0 Å². The van der Waals surface area contributed by atoms with Crippen LogP contribution in [0.25, 0.3) is 20.4 Å². The van der Waals surface area contributed by atoms with Crippen molar-refractivity contribution in [2.24, 2.45) is 0 Å². The third kappa shape index (κ3) is 3.44. The molecule has 30 heavy (non-hydrogen) atoms. The van der Waals surface area contributed by atoms with Crippen molar-refractivity contribution in [3.63, 3.8) is 0 Å². The van der Waals surface area contributed by atoms with Crippen molar-refractivity contribution < 1.29 is 13.2 Å². The van der Waals surface area contributed by atoms with Gasteiger partial charge in [-0.3, -0.25) is 4.79 Å². The van der Waals surface area contributed by atoms with Crippen LogP contribution in [0, 0.1) is 0 Å². The first-order valence-corrected chi connectivity index (χ1v) is 13.0. The molecule has 0 radical (unpaired) electrons. The molecule has 7 nitrogen and oxygen atoms in total. The second kappa shape index (κ2) is 7.29. The lowest BCUT2D eigenvalue weighted by Gasteiger charge is -2.34. The highest BCUT2D eigenvalue weighted by Crippen LogP contribution is 2.33. The largest absolute Gasteiger partial charge is 0.345 e. The molecule has 0 atom stereocenters. The Bertz CT molecular complexity index is 1370. The SMILES string of the molecule is CS(=O)(=O)c1cccc2sc(N3CCN(C(=O)c4ccc5ncsc5c4)CC3)nc12. The van der Waals surface area contributed by atoms with Crippen LogP contribution in [0.3, 0.4) is 0 Å². The summed E-state index contributed by atoms with van der Waals surface area (Å²) in [6.45, 7) is 2.49. The Hall–Kier alpha value is -2.56. The first-order chi connectivity index (χ1) is 14.4. The predicted molar refractivity (Wildman–Crippen MR) is 120 cm³/mol. The Labute approximate surface area is 181 Å². The Kier molecular flexibility index (Phi) is 4.72. The Morgan fingerprint density at radius 1 is 1.07 bits per heavy atom. The van der Waals surface area contributed by atoms with Crippen LogP contribution in [-0.2, 0) is 9.84 Å². The standard InChI is InChI=1S/C20H18N4O3S3/c1-30(26,27)17-4-2-3-15-18(17)22-20(29-15)24-9-7-23(8-10-24)19(25)13-5-6-14-16(11-13)28-12-21-14/h2-6,11-12H,7-10H2,1H3. The quantitative estimate of drug-likeness (QED) is 0.469. The number of carbonyl (C=O) groups excluding carboxylic acids is 1. The number of benzene rings is 2. The van der Waals surface area contributed by atoms with Crippen molar-refractivity contribution in [1.29, 1.82) is 0 Å². The van der Waals surface area contributed by atoms with Gasteiger partial charge >= 0.3 is 0 Å². The van der Waals surface area contributed by atoms with Crippen LogP contribution in [0.4, 0.5) is 5.13 Å². The van der Waals surface area contributed by atoms with E-state index < -0.39 is 9.84 Å². The van der Waals surface area contributed by atoms with Crippen molar-refractivity contribution in [2.45, 2.75) is 4.90 Å². The highest BCUT2D eigenvalue weighted by atomic mass is 32.2. The third-order valence-electron chi connectivity index (χ3n) is 5.19. The van der Waals surface area contributed by atoms with E-state index in [1.54, 1.807) is 17.6 Å². The van der Waals surface area contributed by atoms with E-state index in [9.17, 15) is 13.2 Å². The number of aromatic nitrogens is 2. The first kappa shape index (κ1) is 19.4. The maximum Gasteiger partial charge on any atom is 0.254 e. The van der Waals surface area contributed by atoms with Gasteiger partial charge in [0.2, 0.25) is 0 Å². The summed E-state index contributed by atoms with van der Waals surface area (Å²) in [6, 6.07) is 10.9. The number of nitrogens with zero attached hydrogens (tertiary/aromatic N) is 4. The van der Waals surface area contributed by atoms with E-state index in [0.29, 0.717) is 37.3 Å². The molecule has 2 aromatic carbocycles. The molecule has 4 aromatic rings. The molecular weight excluding hydrogens is 440 g/mol. The van der Waals surface area contributed by atoms with Crippen LogP contribution >= 0.6 is 22.7 Å². The van der Waals surface area contributed by atoms with E-state index in [1.165, 1.54) is 28.9 Å². The van der Waals surface area contributed by atoms with Crippen molar-refractivity contribution >= 4 is 64.0 Å². The number of amides is 1. The molecule has 10 heteroatoms. The normalized spacial score (nSPS) is 15.2. The van der Waals surface area contributed by atoms with Gasteiger partial charge in [-0.25, -0.2) is 18.4 Å². The summed E-state index contributed by atoms with van der Waals surface area (Å²) in [7, 11) is -3.34. The van der Waals surface area contributed by atoms with Crippen LogP contribution in [-0.4, -0.2) is 61.6 Å². The summed E-state index contributed by atoms with van der Waals surface area (Å²) < 4.78 is 26.0. The van der Waals surface area contributed by atoms with E-state index in [4.69, 9.17) is 0 Å². The average Bonchev–Trinajstić information content (AvgIpc) is 3.38. The number of piperazine rings is 1. The maximum absolute atomic E-state index is 12.9. The Morgan fingerprint density at radius 2 is 1.87 bits per heavy atom. The molecule has 1 aliphatic heterocycles. The summed E-state index contributed by atoms with van der Waals surface area (Å²) >= 11 is 3.01. The minimum Gasteiger partial charge on any atom is -0.345 e. The molecule has 1 fully saturated rings. The van der Waals surface area contributed by atoms with Crippen molar-refractivity contribution in [3.05, 3.63) is 47.5 Å². The fourth-order valence-electron chi connectivity index (χ4n) is 3.62. The van der Waals surface area contributed by atoms with Gasteiger partial charge in [-0.05, 0) is 30.3 Å². The second-order valence-electron chi connectivity index (χ2n) is 7.19. The van der Waals surface area contributed by atoms with Crippen molar-refractivity contribution in [1.82, 2.24) is 14.9 Å². The predicted octanol–water partition coefficient (Wildman–Crippen LogP) is 3.27. The molecule has 0 saturated carbocycles. The summed E-state index contributed by atoms with van der Waals surface area (Å²) in [5.74, 6) is 0.0219. The van der Waals surface area contributed by atoms with E-state index >= 15 is 0 Å². The van der Waals surface area contributed by atoms with Crippen LogP contribution in [0.15, 0.2) is 46.8 Å². The number of hydrogen-bond acceptors (Lipinski definition) is 8. The topological polar surface area (TPSA) is 83.5 Å². The molecule has 154 valence electrons. The zero-order chi connectivity index (χ0) is 20.9. The number of carbonyl (C=O) groups is 1. The molecule has 0 bridgehead atoms. The lowest BCUT2D eigenvalue weighted by molar-refractivity contribution is 0.0747. The van der Waals surface area contributed by atoms with Gasteiger partial charge in [0.05, 0.1) is 25.3 Å². The van der Waals surface area contributed by atoms with Gasteiger partial charge in [0.25, 0.3) is 5.91 Å². The third-order valence-corrected chi connectivity index (χ3v) is 8.19. The fraction of sp³-hybridized carbons (Fsp3) is 0.250.